The van der Waals surface area contributed by atoms with Crippen LogP contribution in [0.1, 0.15) is 50.5 Å². The zero-order valence-electron chi connectivity index (χ0n) is 14.8. The van der Waals surface area contributed by atoms with Crippen LogP contribution in [0.15, 0.2) is 28.7 Å². The van der Waals surface area contributed by atoms with Gasteiger partial charge in [0, 0.05) is 11.0 Å². The molecule has 0 spiro atoms. The number of benzene rings is 1. The van der Waals surface area contributed by atoms with Crippen LogP contribution in [0.3, 0.4) is 0 Å². The van der Waals surface area contributed by atoms with E-state index >= 15 is 0 Å². The maximum atomic E-state index is 13.3. The van der Waals surface area contributed by atoms with Crippen LogP contribution in [0.25, 0.3) is 0 Å². The number of hydrogen-bond acceptors (Lipinski definition) is 4. The molecule has 1 saturated carbocycles. The van der Waals surface area contributed by atoms with Crippen LogP contribution in [-0.4, -0.2) is 31.7 Å². The van der Waals surface area contributed by atoms with Crippen molar-refractivity contribution in [2.75, 3.05) is 19.6 Å². The molecule has 1 atom stereocenters. The average molecular weight is 409 g/mol. The standard InChI is InChI=1S/C20H29BrN2O2/c21-17-8-6-16(7-9-17)20(10-12-23-13-11-20)19(24)25-18(14-22)15-4-2-1-3-5-15/h6-9,15,18,23H,1-5,10-14,22H2/t18-/m0/s1. The molecule has 0 unspecified atom stereocenters. The predicted octanol–water partition coefficient (Wildman–Crippen LogP) is 3.52. The van der Waals surface area contributed by atoms with E-state index in [-0.39, 0.29) is 12.1 Å². The fraction of sp³-hybridized carbons (Fsp3) is 0.650. The van der Waals surface area contributed by atoms with Gasteiger partial charge < -0.3 is 15.8 Å². The minimum atomic E-state index is -0.548. The number of nitrogens with two attached hydrogens (primary N) is 1. The van der Waals surface area contributed by atoms with Gasteiger partial charge in [0.25, 0.3) is 0 Å². The quantitative estimate of drug-likeness (QED) is 0.731. The number of piperidine rings is 1. The Bertz CT molecular complexity index is 564. The van der Waals surface area contributed by atoms with Gasteiger partial charge in [-0.3, -0.25) is 4.79 Å². The molecule has 3 rings (SSSR count). The Balaban J connectivity index is 1.80. The van der Waals surface area contributed by atoms with E-state index in [2.05, 4.69) is 33.4 Å². The summed E-state index contributed by atoms with van der Waals surface area (Å²) in [6, 6.07) is 8.12. The SMILES string of the molecule is NC[C@H](OC(=O)C1(c2ccc(Br)cc2)CCNCC1)C1CCCCC1. The van der Waals surface area contributed by atoms with E-state index in [0.717, 1.165) is 48.8 Å². The second kappa shape index (κ2) is 8.65. The largest absolute Gasteiger partial charge is 0.460 e. The third kappa shape index (κ3) is 4.26. The lowest BCUT2D eigenvalue weighted by Gasteiger charge is -2.38. The van der Waals surface area contributed by atoms with Gasteiger partial charge in [-0.1, -0.05) is 47.3 Å². The van der Waals surface area contributed by atoms with Gasteiger partial charge in [-0.15, -0.1) is 0 Å². The third-order valence-corrected chi connectivity index (χ3v) is 6.44. The van der Waals surface area contributed by atoms with Gasteiger partial charge in [0.15, 0.2) is 0 Å². The number of hydrogen-bond donors (Lipinski definition) is 2. The Morgan fingerprint density at radius 1 is 1.20 bits per heavy atom. The van der Waals surface area contributed by atoms with Gasteiger partial charge >= 0.3 is 5.97 Å². The van der Waals surface area contributed by atoms with Crippen molar-refractivity contribution in [3.05, 3.63) is 34.3 Å². The number of carbonyl (C=O) groups excluding carboxylic acids is 1. The number of carbonyl (C=O) groups is 1. The summed E-state index contributed by atoms with van der Waals surface area (Å²) in [5, 5.41) is 3.36. The molecule has 1 aliphatic carbocycles. The van der Waals surface area contributed by atoms with Crippen molar-refractivity contribution >= 4 is 21.9 Å². The molecule has 4 nitrogen and oxygen atoms in total. The van der Waals surface area contributed by atoms with E-state index in [9.17, 15) is 4.79 Å². The van der Waals surface area contributed by atoms with Crippen LogP contribution in [0.2, 0.25) is 0 Å². The zero-order chi connectivity index (χ0) is 17.7. The summed E-state index contributed by atoms with van der Waals surface area (Å²) in [6.45, 7) is 2.09. The number of ether oxygens (including phenoxy) is 1. The van der Waals surface area contributed by atoms with Crippen molar-refractivity contribution in [3.63, 3.8) is 0 Å². The molecule has 1 aliphatic heterocycles. The topological polar surface area (TPSA) is 64.3 Å². The molecule has 2 fully saturated rings. The summed E-state index contributed by atoms with van der Waals surface area (Å²) >= 11 is 3.48. The molecule has 1 saturated heterocycles. The molecule has 3 N–H and O–H groups in total. The first-order valence-electron chi connectivity index (χ1n) is 9.53. The molecule has 2 aliphatic rings. The first kappa shape index (κ1) is 18.9. The van der Waals surface area contributed by atoms with Crippen LogP contribution in [0.5, 0.6) is 0 Å². The summed E-state index contributed by atoms with van der Waals surface area (Å²) in [4.78, 5) is 13.3. The highest BCUT2D eigenvalue weighted by Crippen LogP contribution is 2.37. The number of nitrogens with one attached hydrogen (secondary N) is 1. The van der Waals surface area contributed by atoms with Crippen LogP contribution < -0.4 is 11.1 Å². The fourth-order valence-corrected chi connectivity index (χ4v) is 4.59. The van der Waals surface area contributed by atoms with E-state index < -0.39 is 5.41 Å². The van der Waals surface area contributed by atoms with Crippen LogP contribution in [0, 0.1) is 5.92 Å². The molecule has 1 heterocycles. The minimum absolute atomic E-state index is 0.0858. The maximum Gasteiger partial charge on any atom is 0.316 e. The van der Waals surface area contributed by atoms with Gasteiger partial charge in [0.1, 0.15) is 6.10 Å². The van der Waals surface area contributed by atoms with E-state index in [1.54, 1.807) is 0 Å². The molecule has 25 heavy (non-hydrogen) atoms. The Labute approximate surface area is 159 Å². The summed E-state index contributed by atoms with van der Waals surface area (Å²) in [6.07, 6.45) is 7.39. The lowest BCUT2D eigenvalue weighted by atomic mass is 9.73. The Hall–Kier alpha value is -0.910. The second-order valence-electron chi connectivity index (χ2n) is 7.42. The average Bonchev–Trinajstić information content (AvgIpc) is 2.67. The Morgan fingerprint density at radius 3 is 2.44 bits per heavy atom. The second-order valence-corrected chi connectivity index (χ2v) is 8.33. The van der Waals surface area contributed by atoms with Gasteiger partial charge in [-0.2, -0.15) is 0 Å². The Kier molecular flexibility index (Phi) is 6.53. The third-order valence-electron chi connectivity index (χ3n) is 5.91. The first-order chi connectivity index (χ1) is 12.2. The molecule has 5 heteroatoms. The van der Waals surface area contributed by atoms with Crippen molar-refractivity contribution in [3.8, 4) is 0 Å². The van der Waals surface area contributed by atoms with E-state index in [1.807, 2.05) is 12.1 Å². The minimum Gasteiger partial charge on any atom is -0.460 e. The van der Waals surface area contributed by atoms with E-state index in [4.69, 9.17) is 10.5 Å². The number of halogens is 1. The highest BCUT2D eigenvalue weighted by Gasteiger charge is 2.44. The highest BCUT2D eigenvalue weighted by atomic mass is 79.9. The molecular formula is C20H29BrN2O2. The van der Waals surface area contributed by atoms with Crippen molar-refractivity contribution in [1.82, 2.24) is 5.32 Å². The smallest absolute Gasteiger partial charge is 0.316 e. The Morgan fingerprint density at radius 2 is 1.84 bits per heavy atom. The fourth-order valence-electron chi connectivity index (χ4n) is 4.33. The molecule has 138 valence electrons. The molecular weight excluding hydrogens is 380 g/mol. The molecule has 0 aromatic heterocycles. The maximum absolute atomic E-state index is 13.3. The normalized spacial score (nSPS) is 22.3. The van der Waals surface area contributed by atoms with Crippen molar-refractivity contribution in [2.45, 2.75) is 56.5 Å². The zero-order valence-corrected chi connectivity index (χ0v) is 16.4. The van der Waals surface area contributed by atoms with Gasteiger partial charge in [-0.05, 0) is 62.4 Å². The van der Waals surface area contributed by atoms with Crippen molar-refractivity contribution in [2.24, 2.45) is 11.7 Å². The molecule has 0 amide bonds. The van der Waals surface area contributed by atoms with Crippen LogP contribution in [0.4, 0.5) is 0 Å². The molecule has 1 aromatic rings. The van der Waals surface area contributed by atoms with Gasteiger partial charge in [0.2, 0.25) is 0 Å². The van der Waals surface area contributed by atoms with Gasteiger partial charge in [-0.25, -0.2) is 0 Å². The van der Waals surface area contributed by atoms with Crippen molar-refractivity contribution < 1.29 is 9.53 Å². The molecule has 0 radical (unpaired) electrons. The lowest BCUT2D eigenvalue weighted by Crippen LogP contribution is -2.49. The summed E-state index contributed by atoms with van der Waals surface area (Å²) < 4.78 is 7.09. The summed E-state index contributed by atoms with van der Waals surface area (Å²) in [5.41, 5.74) is 6.50. The van der Waals surface area contributed by atoms with E-state index in [1.165, 1.54) is 19.3 Å². The summed E-state index contributed by atoms with van der Waals surface area (Å²) in [7, 11) is 0. The van der Waals surface area contributed by atoms with Crippen LogP contribution in [-0.2, 0) is 14.9 Å². The van der Waals surface area contributed by atoms with Crippen molar-refractivity contribution in [1.29, 1.82) is 0 Å². The predicted molar refractivity (Wildman–Crippen MR) is 103 cm³/mol. The van der Waals surface area contributed by atoms with Gasteiger partial charge in [0.05, 0.1) is 5.41 Å². The monoisotopic (exact) mass is 408 g/mol. The number of rotatable bonds is 5. The highest BCUT2D eigenvalue weighted by molar-refractivity contribution is 9.10. The summed E-state index contributed by atoms with van der Waals surface area (Å²) in [5.74, 6) is 0.337. The molecule has 0 bridgehead atoms. The lowest BCUT2D eigenvalue weighted by molar-refractivity contribution is -0.160. The first-order valence-corrected chi connectivity index (χ1v) is 10.3. The van der Waals surface area contributed by atoms with Crippen LogP contribution >= 0.6 is 15.9 Å². The van der Waals surface area contributed by atoms with E-state index in [0.29, 0.717) is 12.5 Å². The number of esters is 1. The molecule has 1 aromatic carbocycles.